The summed E-state index contributed by atoms with van der Waals surface area (Å²) in [5, 5.41) is 15.8. The molecular formula is C18H21N3O3. The molecule has 0 bridgehead atoms. The number of nitrogens with one attached hydrogen (secondary N) is 2. The average Bonchev–Trinajstić information content (AvgIpc) is 2.54. The summed E-state index contributed by atoms with van der Waals surface area (Å²) < 4.78 is 0. The minimum absolute atomic E-state index is 0.126. The number of carbonyl (C=O) groups excluding carboxylic acids is 2. The van der Waals surface area contributed by atoms with Crippen molar-refractivity contribution in [2.24, 2.45) is 0 Å². The standard InChI is InChI=1S/C18H21N3O3/c1-13(22)20-15-5-3-14(4-6-15)7-10-18(2,24)17(23)21-16-8-11-19-12-9-16/h3-6,8-9,11-12,24H,7,10H2,1-2H3,(H,20,22)(H,19,21,23)/t18-/m0/s1. The first-order valence-corrected chi connectivity index (χ1v) is 7.67. The normalized spacial score (nSPS) is 13.0. The van der Waals surface area contributed by atoms with Gasteiger partial charge in [-0.1, -0.05) is 12.1 Å². The van der Waals surface area contributed by atoms with Crippen LogP contribution in [0.5, 0.6) is 0 Å². The van der Waals surface area contributed by atoms with Gasteiger partial charge in [-0.05, 0) is 49.6 Å². The Labute approximate surface area is 140 Å². The number of aromatic nitrogens is 1. The molecule has 0 fully saturated rings. The van der Waals surface area contributed by atoms with E-state index in [1.54, 1.807) is 36.7 Å². The number of amides is 2. The van der Waals surface area contributed by atoms with Crippen molar-refractivity contribution in [3.63, 3.8) is 0 Å². The second-order valence-corrected chi connectivity index (χ2v) is 5.84. The Hall–Kier alpha value is -2.73. The van der Waals surface area contributed by atoms with Crippen LogP contribution >= 0.6 is 0 Å². The Morgan fingerprint density at radius 1 is 1.04 bits per heavy atom. The summed E-state index contributed by atoms with van der Waals surface area (Å²) in [6.07, 6.45) is 3.96. The summed E-state index contributed by atoms with van der Waals surface area (Å²) in [7, 11) is 0. The highest BCUT2D eigenvalue weighted by atomic mass is 16.3. The van der Waals surface area contributed by atoms with E-state index in [4.69, 9.17) is 0 Å². The van der Waals surface area contributed by atoms with Crippen LogP contribution in [0.25, 0.3) is 0 Å². The first-order valence-electron chi connectivity index (χ1n) is 7.67. The number of nitrogens with zero attached hydrogens (tertiary/aromatic N) is 1. The van der Waals surface area contributed by atoms with E-state index in [0.29, 0.717) is 17.8 Å². The molecule has 2 rings (SSSR count). The summed E-state index contributed by atoms with van der Waals surface area (Å²) in [6.45, 7) is 2.95. The second kappa shape index (κ2) is 7.70. The Kier molecular flexibility index (Phi) is 5.65. The van der Waals surface area contributed by atoms with Gasteiger partial charge in [0.15, 0.2) is 0 Å². The van der Waals surface area contributed by atoms with E-state index in [9.17, 15) is 14.7 Å². The first kappa shape index (κ1) is 17.6. The van der Waals surface area contributed by atoms with Crippen LogP contribution in [0.4, 0.5) is 11.4 Å². The number of hydrogen-bond acceptors (Lipinski definition) is 4. The minimum Gasteiger partial charge on any atom is -0.380 e. The van der Waals surface area contributed by atoms with E-state index in [2.05, 4.69) is 15.6 Å². The summed E-state index contributed by atoms with van der Waals surface area (Å²) in [5.41, 5.74) is 0.795. The monoisotopic (exact) mass is 327 g/mol. The average molecular weight is 327 g/mol. The Morgan fingerprint density at radius 2 is 1.62 bits per heavy atom. The molecule has 6 heteroatoms. The zero-order chi connectivity index (χ0) is 17.6. The van der Waals surface area contributed by atoms with Crippen molar-refractivity contribution in [2.45, 2.75) is 32.3 Å². The van der Waals surface area contributed by atoms with Crippen LogP contribution in [0.3, 0.4) is 0 Å². The van der Waals surface area contributed by atoms with Gasteiger partial charge in [0.2, 0.25) is 5.91 Å². The molecule has 0 aliphatic rings. The van der Waals surface area contributed by atoms with Gasteiger partial charge in [0.25, 0.3) is 5.91 Å². The van der Waals surface area contributed by atoms with Gasteiger partial charge in [-0.25, -0.2) is 0 Å². The Bertz CT molecular complexity index is 697. The largest absolute Gasteiger partial charge is 0.380 e. The van der Waals surface area contributed by atoms with Crippen molar-refractivity contribution in [3.05, 3.63) is 54.4 Å². The number of hydrogen-bond donors (Lipinski definition) is 3. The number of anilines is 2. The molecule has 0 aliphatic carbocycles. The SMILES string of the molecule is CC(=O)Nc1ccc(CC[C@](C)(O)C(=O)Nc2ccncc2)cc1. The molecular weight excluding hydrogens is 306 g/mol. The van der Waals surface area contributed by atoms with Crippen LogP contribution in [-0.4, -0.2) is 27.5 Å². The third-order valence-corrected chi connectivity index (χ3v) is 3.60. The molecule has 3 N–H and O–H groups in total. The number of aryl methyl sites for hydroxylation is 1. The van der Waals surface area contributed by atoms with Crippen LogP contribution in [0.2, 0.25) is 0 Å². The fourth-order valence-corrected chi connectivity index (χ4v) is 2.16. The molecule has 1 aromatic heterocycles. The van der Waals surface area contributed by atoms with Crippen molar-refractivity contribution in [1.82, 2.24) is 4.98 Å². The van der Waals surface area contributed by atoms with Crippen molar-refractivity contribution in [2.75, 3.05) is 10.6 Å². The van der Waals surface area contributed by atoms with Gasteiger partial charge in [-0.2, -0.15) is 0 Å². The molecule has 24 heavy (non-hydrogen) atoms. The van der Waals surface area contributed by atoms with Gasteiger partial charge in [0, 0.05) is 30.7 Å². The fourth-order valence-electron chi connectivity index (χ4n) is 2.16. The number of carbonyl (C=O) groups is 2. The van der Waals surface area contributed by atoms with Gasteiger partial charge < -0.3 is 15.7 Å². The number of benzene rings is 1. The number of rotatable bonds is 6. The molecule has 1 aromatic carbocycles. The van der Waals surface area contributed by atoms with Gasteiger partial charge in [-0.15, -0.1) is 0 Å². The molecule has 0 aliphatic heterocycles. The maximum atomic E-state index is 12.2. The van der Waals surface area contributed by atoms with Crippen molar-refractivity contribution in [1.29, 1.82) is 0 Å². The summed E-state index contributed by atoms with van der Waals surface area (Å²) in [4.78, 5) is 27.1. The lowest BCUT2D eigenvalue weighted by molar-refractivity contribution is -0.132. The molecule has 0 spiro atoms. The highest BCUT2D eigenvalue weighted by Gasteiger charge is 2.29. The van der Waals surface area contributed by atoms with E-state index >= 15 is 0 Å². The molecule has 1 atom stereocenters. The predicted octanol–water partition coefficient (Wildman–Crippen LogP) is 2.36. The van der Waals surface area contributed by atoms with Crippen LogP contribution in [0.15, 0.2) is 48.8 Å². The van der Waals surface area contributed by atoms with Gasteiger partial charge in [-0.3, -0.25) is 14.6 Å². The summed E-state index contributed by atoms with van der Waals surface area (Å²) >= 11 is 0. The molecule has 0 saturated heterocycles. The highest BCUT2D eigenvalue weighted by Crippen LogP contribution is 2.18. The van der Waals surface area contributed by atoms with Crippen LogP contribution in [-0.2, 0) is 16.0 Å². The lowest BCUT2D eigenvalue weighted by Crippen LogP contribution is -2.40. The van der Waals surface area contributed by atoms with E-state index < -0.39 is 11.5 Å². The van der Waals surface area contributed by atoms with E-state index in [1.165, 1.54) is 13.8 Å². The topological polar surface area (TPSA) is 91.3 Å². The molecule has 2 amide bonds. The lowest BCUT2D eigenvalue weighted by Gasteiger charge is -2.22. The smallest absolute Gasteiger partial charge is 0.256 e. The Balaban J connectivity index is 1.91. The van der Waals surface area contributed by atoms with Crippen molar-refractivity contribution < 1.29 is 14.7 Å². The van der Waals surface area contributed by atoms with Gasteiger partial charge >= 0.3 is 0 Å². The van der Waals surface area contributed by atoms with Crippen molar-refractivity contribution >= 4 is 23.2 Å². The number of aliphatic hydroxyl groups is 1. The molecule has 0 unspecified atom stereocenters. The zero-order valence-electron chi connectivity index (χ0n) is 13.7. The summed E-state index contributed by atoms with van der Waals surface area (Å²) in [6, 6.07) is 10.6. The van der Waals surface area contributed by atoms with Gasteiger partial charge in [0.05, 0.1) is 0 Å². The second-order valence-electron chi connectivity index (χ2n) is 5.84. The van der Waals surface area contributed by atoms with Crippen molar-refractivity contribution in [3.8, 4) is 0 Å². The zero-order valence-corrected chi connectivity index (χ0v) is 13.7. The molecule has 126 valence electrons. The molecule has 2 aromatic rings. The number of pyridine rings is 1. The van der Waals surface area contributed by atoms with Crippen LogP contribution in [0.1, 0.15) is 25.8 Å². The quantitative estimate of drug-likeness (QED) is 0.759. The third-order valence-electron chi connectivity index (χ3n) is 3.60. The molecule has 0 saturated carbocycles. The Morgan fingerprint density at radius 3 is 2.21 bits per heavy atom. The molecule has 1 heterocycles. The predicted molar refractivity (Wildman–Crippen MR) is 92.6 cm³/mol. The maximum absolute atomic E-state index is 12.2. The van der Waals surface area contributed by atoms with E-state index in [-0.39, 0.29) is 12.3 Å². The van der Waals surface area contributed by atoms with E-state index in [1.807, 2.05) is 12.1 Å². The van der Waals surface area contributed by atoms with Crippen LogP contribution < -0.4 is 10.6 Å². The van der Waals surface area contributed by atoms with Crippen LogP contribution in [0, 0.1) is 0 Å². The van der Waals surface area contributed by atoms with Gasteiger partial charge in [0.1, 0.15) is 5.60 Å². The minimum atomic E-state index is -1.49. The molecule has 6 nitrogen and oxygen atoms in total. The first-order chi connectivity index (χ1) is 11.4. The lowest BCUT2D eigenvalue weighted by atomic mass is 9.95. The summed E-state index contributed by atoms with van der Waals surface area (Å²) in [5.74, 6) is -0.581. The third kappa shape index (κ3) is 5.17. The fraction of sp³-hybridized carbons (Fsp3) is 0.278. The highest BCUT2D eigenvalue weighted by molar-refractivity contribution is 5.96. The maximum Gasteiger partial charge on any atom is 0.256 e. The molecule has 0 radical (unpaired) electrons. The van der Waals surface area contributed by atoms with E-state index in [0.717, 1.165) is 5.56 Å².